The molecular formula is C21H20FN6O4S2-. The van der Waals surface area contributed by atoms with Crippen LogP contribution in [0.1, 0.15) is 24.0 Å². The Morgan fingerprint density at radius 1 is 1.21 bits per heavy atom. The third-order valence-electron chi connectivity index (χ3n) is 6.02. The molecule has 5 rings (SSSR count). The van der Waals surface area contributed by atoms with E-state index in [-0.39, 0.29) is 24.2 Å². The number of aromatic nitrogens is 5. The summed E-state index contributed by atoms with van der Waals surface area (Å²) in [7, 11) is 1.73. The SMILES string of the molecule is Cn1cc(Cn2c(=O)c3cc(N(S(=O)[O-])C4(CF)CC4)ccc3n(Cc3cnsc3)c2=O)cn1. The van der Waals surface area contributed by atoms with E-state index in [4.69, 9.17) is 0 Å². The molecule has 4 aromatic rings. The number of halogens is 1. The zero-order chi connectivity index (χ0) is 24.0. The Kier molecular flexibility index (Phi) is 5.70. The van der Waals surface area contributed by atoms with Crippen LogP contribution < -0.4 is 15.6 Å². The molecule has 0 bridgehead atoms. The van der Waals surface area contributed by atoms with Gasteiger partial charge in [-0.15, -0.1) is 0 Å². The largest absolute Gasteiger partial charge is 0.755 e. The van der Waals surface area contributed by atoms with E-state index in [9.17, 15) is 22.7 Å². The second-order valence-electron chi connectivity index (χ2n) is 8.39. The van der Waals surface area contributed by atoms with E-state index in [0.717, 1.165) is 14.4 Å². The molecule has 0 amide bonds. The van der Waals surface area contributed by atoms with Crippen molar-refractivity contribution in [3.05, 3.63) is 74.1 Å². The number of nitrogens with zero attached hydrogens (tertiary/aromatic N) is 6. The second kappa shape index (κ2) is 8.56. The fourth-order valence-electron chi connectivity index (χ4n) is 4.11. The zero-order valence-electron chi connectivity index (χ0n) is 18.1. The van der Waals surface area contributed by atoms with Gasteiger partial charge in [-0.25, -0.2) is 13.6 Å². The topological polar surface area (TPSA) is 118 Å². The normalized spacial score (nSPS) is 15.5. The summed E-state index contributed by atoms with van der Waals surface area (Å²) in [5.41, 5.74) is -0.193. The lowest BCUT2D eigenvalue weighted by atomic mass is 10.1. The van der Waals surface area contributed by atoms with Crippen molar-refractivity contribution in [3.8, 4) is 0 Å². The minimum Gasteiger partial charge on any atom is -0.755 e. The lowest BCUT2D eigenvalue weighted by Gasteiger charge is -2.33. The van der Waals surface area contributed by atoms with Gasteiger partial charge in [0.15, 0.2) is 0 Å². The van der Waals surface area contributed by atoms with Crippen LogP contribution in [0.25, 0.3) is 10.9 Å². The van der Waals surface area contributed by atoms with E-state index in [0.29, 0.717) is 23.9 Å². The van der Waals surface area contributed by atoms with Crippen LogP contribution in [-0.2, 0) is 31.4 Å². The van der Waals surface area contributed by atoms with E-state index < -0.39 is 34.7 Å². The van der Waals surface area contributed by atoms with E-state index >= 15 is 0 Å². The summed E-state index contributed by atoms with van der Waals surface area (Å²) >= 11 is -1.48. The molecule has 0 N–H and O–H groups in total. The molecule has 1 fully saturated rings. The Hall–Kier alpha value is -3.16. The first kappa shape index (κ1) is 22.6. The lowest BCUT2D eigenvalue weighted by Crippen LogP contribution is -2.42. The maximum Gasteiger partial charge on any atom is 0.332 e. The summed E-state index contributed by atoms with van der Waals surface area (Å²) in [6.45, 7) is -0.641. The first-order chi connectivity index (χ1) is 16.3. The van der Waals surface area contributed by atoms with Crippen molar-refractivity contribution < 1.29 is 13.2 Å². The fourth-order valence-corrected chi connectivity index (χ4v) is 5.47. The molecule has 0 spiro atoms. The third-order valence-corrected chi connectivity index (χ3v) is 7.55. The molecule has 1 aliphatic carbocycles. The van der Waals surface area contributed by atoms with Crippen LogP contribution in [0.2, 0.25) is 0 Å². The summed E-state index contributed by atoms with van der Waals surface area (Å²) in [5, 5.41) is 6.06. The maximum absolute atomic E-state index is 13.7. The molecule has 1 aromatic carbocycles. The van der Waals surface area contributed by atoms with Crippen LogP contribution >= 0.6 is 11.5 Å². The highest BCUT2D eigenvalue weighted by atomic mass is 32.2. The molecule has 178 valence electrons. The first-order valence-electron chi connectivity index (χ1n) is 10.4. The fraction of sp³-hybridized carbons (Fsp3) is 0.333. The number of benzene rings is 1. The highest BCUT2D eigenvalue weighted by Gasteiger charge is 2.49. The molecular weight excluding hydrogens is 483 g/mol. The standard InChI is InChI=1S/C21H21FN6O4S2/c1-25-9-14(7-23-25)10-27-19(29)17-6-16(28(34(31)32)21(13-22)4-5-21)2-3-18(17)26(20(27)30)11-15-8-24-33-12-15/h2-3,6-9,12H,4-5,10-11,13H2,1H3,(H,31,32)/p-1. The Morgan fingerprint density at radius 2 is 1.97 bits per heavy atom. The number of anilines is 1. The van der Waals surface area contributed by atoms with Gasteiger partial charge in [0, 0.05) is 52.9 Å². The van der Waals surface area contributed by atoms with Gasteiger partial charge in [-0.2, -0.15) is 5.10 Å². The van der Waals surface area contributed by atoms with E-state index in [1.165, 1.54) is 34.3 Å². The van der Waals surface area contributed by atoms with E-state index in [1.807, 2.05) is 5.38 Å². The molecule has 1 aliphatic rings. The molecule has 1 unspecified atom stereocenters. The van der Waals surface area contributed by atoms with Gasteiger partial charge < -0.3 is 4.55 Å². The lowest BCUT2D eigenvalue weighted by molar-refractivity contribution is 0.411. The summed E-state index contributed by atoms with van der Waals surface area (Å²) in [6, 6.07) is 4.46. The molecule has 3 aromatic heterocycles. The van der Waals surface area contributed by atoms with Crippen molar-refractivity contribution in [1.29, 1.82) is 0 Å². The molecule has 1 saturated carbocycles. The van der Waals surface area contributed by atoms with Crippen LogP contribution in [0.15, 0.2) is 51.8 Å². The van der Waals surface area contributed by atoms with E-state index in [1.54, 1.807) is 30.3 Å². The average Bonchev–Trinajstić information content (AvgIpc) is 3.20. The number of hydrogen-bond acceptors (Lipinski definition) is 7. The van der Waals surface area contributed by atoms with Crippen molar-refractivity contribution in [2.75, 3.05) is 11.0 Å². The van der Waals surface area contributed by atoms with Crippen molar-refractivity contribution >= 4 is 39.4 Å². The Labute approximate surface area is 199 Å². The monoisotopic (exact) mass is 503 g/mol. The first-order valence-corrected chi connectivity index (χ1v) is 12.3. The van der Waals surface area contributed by atoms with Gasteiger partial charge in [-0.05, 0) is 42.6 Å². The number of aryl methyl sites for hydroxylation is 1. The predicted octanol–water partition coefficient (Wildman–Crippen LogP) is 1.55. The third kappa shape index (κ3) is 3.89. The summed E-state index contributed by atoms with van der Waals surface area (Å²) < 4.78 is 47.0. The molecule has 13 heteroatoms. The molecule has 0 aliphatic heterocycles. The predicted molar refractivity (Wildman–Crippen MR) is 125 cm³/mol. The van der Waals surface area contributed by atoms with Crippen LogP contribution in [-0.4, -0.2) is 44.3 Å². The summed E-state index contributed by atoms with van der Waals surface area (Å²) in [4.78, 5) is 26.9. The number of fused-ring (bicyclic) bond motifs is 1. The number of hydrogen-bond donors (Lipinski definition) is 0. The van der Waals surface area contributed by atoms with Gasteiger partial charge in [0.25, 0.3) is 5.56 Å². The molecule has 10 nitrogen and oxygen atoms in total. The quantitative estimate of drug-likeness (QED) is 0.337. The Morgan fingerprint density at radius 3 is 2.56 bits per heavy atom. The van der Waals surface area contributed by atoms with Gasteiger partial charge in [0.1, 0.15) is 6.67 Å². The molecule has 0 radical (unpaired) electrons. The summed E-state index contributed by atoms with van der Waals surface area (Å²) in [5.74, 6) is 0. The van der Waals surface area contributed by atoms with Crippen molar-refractivity contribution in [2.45, 2.75) is 31.5 Å². The van der Waals surface area contributed by atoms with Crippen LogP contribution in [0.4, 0.5) is 10.1 Å². The van der Waals surface area contributed by atoms with Crippen molar-refractivity contribution in [2.24, 2.45) is 7.05 Å². The van der Waals surface area contributed by atoms with Crippen molar-refractivity contribution in [1.82, 2.24) is 23.3 Å². The van der Waals surface area contributed by atoms with Gasteiger partial charge in [0.2, 0.25) is 0 Å². The Bertz CT molecular complexity index is 1510. The van der Waals surface area contributed by atoms with Gasteiger partial charge in [0.05, 0.1) is 35.7 Å². The number of rotatable bonds is 8. The minimum atomic E-state index is -2.73. The van der Waals surface area contributed by atoms with Gasteiger partial charge >= 0.3 is 5.69 Å². The van der Waals surface area contributed by atoms with Crippen molar-refractivity contribution in [3.63, 3.8) is 0 Å². The van der Waals surface area contributed by atoms with Crippen LogP contribution in [0.5, 0.6) is 0 Å². The van der Waals surface area contributed by atoms with Crippen LogP contribution in [0, 0.1) is 0 Å². The van der Waals surface area contributed by atoms with Gasteiger partial charge in [-0.1, -0.05) is 0 Å². The highest BCUT2D eigenvalue weighted by Crippen LogP contribution is 2.45. The highest BCUT2D eigenvalue weighted by molar-refractivity contribution is 7.80. The van der Waals surface area contributed by atoms with Crippen LogP contribution in [0.3, 0.4) is 0 Å². The second-order valence-corrected chi connectivity index (χ2v) is 9.84. The van der Waals surface area contributed by atoms with Gasteiger partial charge in [-0.3, -0.25) is 27.1 Å². The maximum atomic E-state index is 13.7. The summed E-state index contributed by atoms with van der Waals surface area (Å²) in [6.07, 6.45) is 5.71. The zero-order valence-corrected chi connectivity index (χ0v) is 19.7. The number of alkyl halides is 1. The molecule has 0 saturated heterocycles. The Balaban J connectivity index is 1.72. The average molecular weight is 504 g/mol. The molecule has 1 atom stereocenters. The van der Waals surface area contributed by atoms with E-state index in [2.05, 4.69) is 9.47 Å². The molecule has 3 heterocycles. The molecule has 34 heavy (non-hydrogen) atoms. The smallest absolute Gasteiger partial charge is 0.332 e. The minimum absolute atomic E-state index is 0.000814.